The van der Waals surface area contributed by atoms with Crippen LogP contribution in [0.3, 0.4) is 0 Å². The lowest BCUT2D eigenvalue weighted by Gasteiger charge is -2.17. The number of nitrogens with zero attached hydrogens (tertiary/aromatic N) is 1. The third-order valence-corrected chi connectivity index (χ3v) is 4.57. The molecule has 25 heavy (non-hydrogen) atoms. The van der Waals surface area contributed by atoms with Crippen molar-refractivity contribution in [1.29, 1.82) is 5.26 Å². The zero-order valence-corrected chi connectivity index (χ0v) is 14.4. The molecular formula is C19H18N3O2S+. The van der Waals surface area contributed by atoms with Gasteiger partial charge in [0.2, 0.25) is 0 Å². The number of anilines is 1. The Bertz CT molecular complexity index is 815. The van der Waals surface area contributed by atoms with Crippen LogP contribution in [0.5, 0.6) is 0 Å². The molecular weight excluding hydrogens is 334 g/mol. The summed E-state index contributed by atoms with van der Waals surface area (Å²) in [5.74, 6) is 0.763. The SMILES string of the molecule is N#Cc1cccc(NC(=O)C[NH+](Cc2ccco2)Cc2cccs2)c1. The standard InChI is InChI=1S/C19H17N3O2S/c20-11-15-4-1-5-16(10-15)21-19(23)14-22(12-17-6-2-8-24-17)13-18-7-3-9-25-18/h1-10H,12-14H2,(H,21,23)/p+1. The Kier molecular flexibility index (Phi) is 5.62. The van der Waals surface area contributed by atoms with Crippen molar-refractivity contribution in [2.75, 3.05) is 11.9 Å². The lowest BCUT2D eigenvalue weighted by atomic mass is 10.2. The molecule has 2 aromatic heterocycles. The minimum absolute atomic E-state index is 0.0896. The summed E-state index contributed by atoms with van der Waals surface area (Å²) in [5.41, 5.74) is 1.16. The highest BCUT2D eigenvalue weighted by molar-refractivity contribution is 7.09. The molecule has 2 heterocycles. The zero-order chi connectivity index (χ0) is 17.5. The topological polar surface area (TPSA) is 70.5 Å². The number of furan rings is 1. The van der Waals surface area contributed by atoms with E-state index in [-0.39, 0.29) is 5.91 Å². The first-order chi connectivity index (χ1) is 12.2. The van der Waals surface area contributed by atoms with E-state index in [9.17, 15) is 4.79 Å². The van der Waals surface area contributed by atoms with Crippen LogP contribution in [0.2, 0.25) is 0 Å². The molecule has 6 heteroatoms. The van der Waals surface area contributed by atoms with Crippen molar-refractivity contribution in [2.45, 2.75) is 13.1 Å². The number of carbonyl (C=O) groups is 1. The first-order valence-electron chi connectivity index (χ1n) is 7.91. The highest BCUT2D eigenvalue weighted by Gasteiger charge is 2.17. The van der Waals surface area contributed by atoms with E-state index >= 15 is 0 Å². The molecule has 3 aromatic rings. The largest absolute Gasteiger partial charge is 0.463 e. The van der Waals surface area contributed by atoms with Gasteiger partial charge in [-0.3, -0.25) is 4.79 Å². The molecule has 1 aromatic carbocycles. The molecule has 0 spiro atoms. The summed E-state index contributed by atoms with van der Waals surface area (Å²) in [6.07, 6.45) is 1.64. The summed E-state index contributed by atoms with van der Waals surface area (Å²) >= 11 is 1.68. The fourth-order valence-electron chi connectivity index (χ4n) is 2.61. The van der Waals surface area contributed by atoms with Crippen molar-refractivity contribution in [3.05, 3.63) is 76.4 Å². The van der Waals surface area contributed by atoms with Gasteiger partial charge in [0.1, 0.15) is 13.1 Å². The van der Waals surface area contributed by atoms with Crippen LogP contribution in [0, 0.1) is 11.3 Å². The number of amides is 1. The van der Waals surface area contributed by atoms with Crippen LogP contribution < -0.4 is 10.2 Å². The first kappa shape index (κ1) is 17.0. The highest BCUT2D eigenvalue weighted by Crippen LogP contribution is 2.09. The number of nitrogens with one attached hydrogen (secondary N) is 2. The summed E-state index contributed by atoms with van der Waals surface area (Å²) in [4.78, 5) is 14.7. The van der Waals surface area contributed by atoms with Crippen LogP contribution in [0.1, 0.15) is 16.2 Å². The summed E-state index contributed by atoms with van der Waals surface area (Å²) in [6.45, 7) is 1.70. The molecule has 0 aliphatic carbocycles. The van der Waals surface area contributed by atoms with Crippen molar-refractivity contribution in [3.63, 3.8) is 0 Å². The van der Waals surface area contributed by atoms with Gasteiger partial charge in [-0.2, -0.15) is 5.26 Å². The summed E-state index contributed by atoms with van der Waals surface area (Å²) in [7, 11) is 0. The number of carbonyl (C=O) groups excluding carboxylic acids is 1. The summed E-state index contributed by atoms with van der Waals surface area (Å²) in [6, 6.07) is 16.8. The smallest absolute Gasteiger partial charge is 0.279 e. The average molecular weight is 352 g/mol. The minimum Gasteiger partial charge on any atom is -0.463 e. The molecule has 0 aliphatic rings. The van der Waals surface area contributed by atoms with Crippen LogP contribution in [0.15, 0.2) is 64.6 Å². The maximum Gasteiger partial charge on any atom is 0.279 e. The van der Waals surface area contributed by atoms with Crippen LogP contribution in [0.25, 0.3) is 0 Å². The first-order valence-corrected chi connectivity index (χ1v) is 8.79. The van der Waals surface area contributed by atoms with Gasteiger partial charge in [0.25, 0.3) is 5.91 Å². The molecule has 1 unspecified atom stereocenters. The number of thiophene rings is 1. The molecule has 5 nitrogen and oxygen atoms in total. The third kappa shape index (κ3) is 5.05. The zero-order valence-electron chi connectivity index (χ0n) is 13.6. The molecule has 1 atom stereocenters. The molecule has 0 saturated carbocycles. The van der Waals surface area contributed by atoms with Crippen LogP contribution in [-0.2, 0) is 17.9 Å². The Labute approximate surface area is 150 Å². The average Bonchev–Trinajstić information content (AvgIpc) is 3.29. The molecule has 0 fully saturated rings. The van der Waals surface area contributed by atoms with Gasteiger partial charge in [0, 0.05) is 5.69 Å². The second-order valence-corrected chi connectivity index (χ2v) is 6.71. The number of rotatable bonds is 7. The van der Waals surface area contributed by atoms with Crippen LogP contribution >= 0.6 is 11.3 Å². The van der Waals surface area contributed by atoms with E-state index in [1.54, 1.807) is 41.9 Å². The van der Waals surface area contributed by atoms with Crippen LogP contribution in [0.4, 0.5) is 5.69 Å². The molecule has 0 aliphatic heterocycles. The molecule has 2 N–H and O–H groups in total. The molecule has 3 rings (SSSR count). The Morgan fingerprint density at radius 3 is 2.84 bits per heavy atom. The monoisotopic (exact) mass is 352 g/mol. The lowest BCUT2D eigenvalue weighted by Crippen LogP contribution is -3.10. The molecule has 0 saturated heterocycles. The second kappa shape index (κ2) is 8.29. The van der Waals surface area contributed by atoms with Crippen molar-refractivity contribution >= 4 is 22.9 Å². The summed E-state index contributed by atoms with van der Waals surface area (Å²) in [5, 5.41) is 13.9. The summed E-state index contributed by atoms with van der Waals surface area (Å²) < 4.78 is 5.43. The Morgan fingerprint density at radius 1 is 1.20 bits per heavy atom. The fraction of sp³-hybridized carbons (Fsp3) is 0.158. The van der Waals surface area contributed by atoms with Crippen molar-refractivity contribution in [3.8, 4) is 6.07 Å². The fourth-order valence-corrected chi connectivity index (χ4v) is 3.38. The maximum absolute atomic E-state index is 12.4. The van der Waals surface area contributed by atoms with Crippen LogP contribution in [-0.4, -0.2) is 12.5 Å². The van der Waals surface area contributed by atoms with Gasteiger partial charge in [0.05, 0.1) is 22.8 Å². The van der Waals surface area contributed by atoms with E-state index in [0.717, 1.165) is 17.2 Å². The normalized spacial score (nSPS) is 11.6. The Hall–Kier alpha value is -2.88. The number of nitriles is 1. The van der Waals surface area contributed by atoms with E-state index in [0.29, 0.717) is 24.3 Å². The van der Waals surface area contributed by atoms with Gasteiger partial charge >= 0.3 is 0 Å². The number of quaternary nitrogens is 1. The van der Waals surface area contributed by atoms with E-state index in [2.05, 4.69) is 17.5 Å². The van der Waals surface area contributed by atoms with Gasteiger partial charge < -0.3 is 14.6 Å². The van der Waals surface area contributed by atoms with Gasteiger partial charge in [-0.15, -0.1) is 11.3 Å². The van der Waals surface area contributed by atoms with E-state index in [4.69, 9.17) is 9.68 Å². The van der Waals surface area contributed by atoms with E-state index in [1.807, 2.05) is 23.6 Å². The number of benzene rings is 1. The minimum atomic E-state index is -0.0896. The molecule has 0 radical (unpaired) electrons. The molecule has 0 bridgehead atoms. The van der Waals surface area contributed by atoms with Gasteiger partial charge in [0.15, 0.2) is 12.3 Å². The van der Waals surface area contributed by atoms with Gasteiger partial charge in [-0.05, 0) is 41.8 Å². The van der Waals surface area contributed by atoms with Crippen molar-refractivity contribution < 1.29 is 14.1 Å². The highest BCUT2D eigenvalue weighted by atomic mass is 32.1. The number of hydrogen-bond donors (Lipinski definition) is 2. The Morgan fingerprint density at radius 2 is 2.12 bits per heavy atom. The predicted molar refractivity (Wildman–Crippen MR) is 96.1 cm³/mol. The van der Waals surface area contributed by atoms with Gasteiger partial charge in [-0.25, -0.2) is 0 Å². The van der Waals surface area contributed by atoms with Gasteiger partial charge in [-0.1, -0.05) is 12.1 Å². The quantitative estimate of drug-likeness (QED) is 0.686. The third-order valence-electron chi connectivity index (χ3n) is 3.69. The van der Waals surface area contributed by atoms with Crippen molar-refractivity contribution in [2.24, 2.45) is 0 Å². The van der Waals surface area contributed by atoms with E-state index in [1.165, 1.54) is 4.88 Å². The lowest BCUT2D eigenvalue weighted by molar-refractivity contribution is -0.920. The predicted octanol–water partition coefficient (Wildman–Crippen LogP) is 2.44. The maximum atomic E-state index is 12.4. The number of hydrogen-bond acceptors (Lipinski definition) is 4. The molecule has 1 amide bonds. The second-order valence-electron chi connectivity index (χ2n) is 5.68. The van der Waals surface area contributed by atoms with E-state index < -0.39 is 0 Å². The molecule has 126 valence electrons. The van der Waals surface area contributed by atoms with Crippen molar-refractivity contribution in [1.82, 2.24) is 0 Å². The Balaban J connectivity index is 1.65.